The van der Waals surface area contributed by atoms with Crippen LogP contribution in [0.25, 0.3) is 6.08 Å². The van der Waals surface area contributed by atoms with Gasteiger partial charge in [-0.05, 0) is 42.7 Å². The fraction of sp³-hybridized carbons (Fsp3) is 0.286. The van der Waals surface area contributed by atoms with E-state index in [-0.39, 0.29) is 18.8 Å². The first kappa shape index (κ1) is 22.9. The predicted octanol–water partition coefficient (Wildman–Crippen LogP) is 3.61. The lowest BCUT2D eigenvalue weighted by molar-refractivity contribution is -0.384. The van der Waals surface area contributed by atoms with Gasteiger partial charge in [0.25, 0.3) is 5.69 Å². The SMILES string of the molecule is CCOC(=O)c1c(NC(=O)/C=C\c2ccc([N+](=O)[O-])cc2)sc2c1CCN(C(=O)OC)C2. The zero-order valence-electron chi connectivity index (χ0n) is 17.5. The first-order chi connectivity index (χ1) is 15.3. The van der Waals surface area contributed by atoms with Crippen LogP contribution in [0.15, 0.2) is 30.3 Å². The molecule has 10 nitrogen and oxygen atoms in total. The molecule has 0 saturated carbocycles. The van der Waals surface area contributed by atoms with E-state index in [1.165, 1.54) is 59.8 Å². The van der Waals surface area contributed by atoms with Crippen molar-refractivity contribution in [1.29, 1.82) is 0 Å². The third kappa shape index (κ3) is 5.11. The molecule has 0 atom stereocenters. The molecule has 0 radical (unpaired) electrons. The van der Waals surface area contributed by atoms with Crippen molar-refractivity contribution in [3.63, 3.8) is 0 Å². The number of amides is 2. The van der Waals surface area contributed by atoms with Crippen LogP contribution < -0.4 is 5.32 Å². The van der Waals surface area contributed by atoms with Crippen LogP contribution in [0.1, 0.15) is 33.3 Å². The molecule has 11 heteroatoms. The minimum atomic E-state index is -0.536. The number of ether oxygens (including phenoxy) is 2. The number of esters is 1. The van der Waals surface area contributed by atoms with Gasteiger partial charge in [-0.1, -0.05) is 0 Å². The average molecular weight is 459 g/mol. The highest BCUT2D eigenvalue weighted by Crippen LogP contribution is 2.38. The first-order valence-corrected chi connectivity index (χ1v) is 10.5. The Bertz CT molecular complexity index is 1080. The number of nitrogens with one attached hydrogen (secondary N) is 1. The van der Waals surface area contributed by atoms with Gasteiger partial charge in [0.15, 0.2) is 0 Å². The lowest BCUT2D eigenvalue weighted by Gasteiger charge is -2.25. The second-order valence-electron chi connectivity index (χ2n) is 6.74. The number of carbonyl (C=O) groups is 3. The van der Waals surface area contributed by atoms with Gasteiger partial charge in [-0.25, -0.2) is 9.59 Å². The third-order valence-electron chi connectivity index (χ3n) is 4.74. The molecule has 2 heterocycles. The molecule has 1 N–H and O–H groups in total. The van der Waals surface area contributed by atoms with Crippen LogP contribution in [0.3, 0.4) is 0 Å². The summed E-state index contributed by atoms with van der Waals surface area (Å²) in [4.78, 5) is 49.5. The standard InChI is InChI=1S/C21H21N3O7S/c1-3-31-20(26)18-15-10-11-23(21(27)30-2)12-16(15)32-19(18)22-17(25)9-6-13-4-7-14(8-5-13)24(28)29/h4-9H,3,10-12H2,1-2H3,(H,22,25)/b9-6-. The zero-order valence-corrected chi connectivity index (χ0v) is 18.3. The van der Waals surface area contributed by atoms with E-state index in [1.54, 1.807) is 6.92 Å². The largest absolute Gasteiger partial charge is 0.462 e. The Kier molecular flexibility index (Phi) is 7.21. The Morgan fingerprint density at radius 1 is 1.28 bits per heavy atom. The molecule has 2 amide bonds. The van der Waals surface area contributed by atoms with Gasteiger partial charge in [-0.3, -0.25) is 14.9 Å². The molecule has 0 saturated heterocycles. The molecule has 0 spiro atoms. The monoisotopic (exact) mass is 459 g/mol. The minimum Gasteiger partial charge on any atom is -0.462 e. The van der Waals surface area contributed by atoms with Crippen LogP contribution in [0, 0.1) is 10.1 Å². The first-order valence-electron chi connectivity index (χ1n) is 9.72. The molecule has 1 aromatic heterocycles. The fourth-order valence-electron chi connectivity index (χ4n) is 3.23. The number of carbonyl (C=O) groups excluding carboxylic acids is 3. The van der Waals surface area contributed by atoms with Crippen molar-refractivity contribution in [1.82, 2.24) is 4.90 Å². The van der Waals surface area contributed by atoms with Crippen molar-refractivity contribution in [2.24, 2.45) is 0 Å². The minimum absolute atomic E-state index is 0.0455. The maximum Gasteiger partial charge on any atom is 0.409 e. The molecule has 0 aliphatic carbocycles. The van der Waals surface area contributed by atoms with Crippen molar-refractivity contribution < 1.29 is 28.8 Å². The molecule has 1 aromatic carbocycles. The zero-order chi connectivity index (χ0) is 23.3. The maximum absolute atomic E-state index is 12.6. The summed E-state index contributed by atoms with van der Waals surface area (Å²) in [5, 5.41) is 13.8. The summed E-state index contributed by atoms with van der Waals surface area (Å²) >= 11 is 1.21. The van der Waals surface area contributed by atoms with Crippen LogP contribution in [0.2, 0.25) is 0 Å². The molecular formula is C21H21N3O7S. The topological polar surface area (TPSA) is 128 Å². The number of methoxy groups -OCH3 is 1. The highest BCUT2D eigenvalue weighted by molar-refractivity contribution is 7.17. The predicted molar refractivity (Wildman–Crippen MR) is 118 cm³/mol. The highest BCUT2D eigenvalue weighted by atomic mass is 32.1. The van der Waals surface area contributed by atoms with Crippen LogP contribution >= 0.6 is 11.3 Å². The summed E-state index contributed by atoms with van der Waals surface area (Å²) in [5.41, 5.74) is 1.61. The summed E-state index contributed by atoms with van der Waals surface area (Å²) in [6, 6.07) is 5.74. The number of hydrogen-bond acceptors (Lipinski definition) is 8. The summed E-state index contributed by atoms with van der Waals surface area (Å²) in [6.07, 6.45) is 2.76. The molecule has 0 unspecified atom stereocenters. The summed E-state index contributed by atoms with van der Waals surface area (Å²) in [6.45, 7) is 2.54. The van der Waals surface area contributed by atoms with Crippen molar-refractivity contribution in [2.45, 2.75) is 19.9 Å². The third-order valence-corrected chi connectivity index (χ3v) is 5.87. The summed E-state index contributed by atoms with van der Waals surface area (Å²) < 4.78 is 9.94. The smallest absolute Gasteiger partial charge is 0.409 e. The van der Waals surface area contributed by atoms with Crippen molar-refractivity contribution >= 4 is 46.1 Å². The second kappa shape index (κ2) is 10.1. The molecular weight excluding hydrogens is 438 g/mol. The highest BCUT2D eigenvalue weighted by Gasteiger charge is 2.31. The van der Waals surface area contributed by atoms with Gasteiger partial charge in [-0.2, -0.15) is 0 Å². The van der Waals surface area contributed by atoms with E-state index in [1.807, 2.05) is 0 Å². The Balaban J connectivity index is 1.81. The molecule has 1 aliphatic rings. The Morgan fingerprint density at radius 3 is 2.62 bits per heavy atom. The number of non-ortho nitro benzene ring substituents is 1. The van der Waals surface area contributed by atoms with Gasteiger partial charge in [0.1, 0.15) is 5.00 Å². The van der Waals surface area contributed by atoms with Crippen LogP contribution in [-0.4, -0.2) is 48.1 Å². The van der Waals surface area contributed by atoms with Crippen LogP contribution in [0.5, 0.6) is 0 Å². The summed E-state index contributed by atoms with van der Waals surface area (Å²) in [7, 11) is 1.30. The van der Waals surface area contributed by atoms with Gasteiger partial charge in [0.2, 0.25) is 5.91 Å². The fourth-order valence-corrected chi connectivity index (χ4v) is 4.48. The normalized spacial score (nSPS) is 12.9. The average Bonchev–Trinajstić information content (AvgIpc) is 3.14. The number of thiophene rings is 1. The molecule has 32 heavy (non-hydrogen) atoms. The van der Waals surface area contributed by atoms with E-state index in [4.69, 9.17) is 9.47 Å². The van der Waals surface area contributed by atoms with Crippen LogP contribution in [-0.2, 0) is 27.2 Å². The molecule has 1 aliphatic heterocycles. The lowest BCUT2D eigenvalue weighted by atomic mass is 10.0. The number of nitro groups is 1. The van der Waals surface area contributed by atoms with Gasteiger partial charge >= 0.3 is 12.1 Å². The van der Waals surface area contributed by atoms with Crippen molar-refractivity contribution in [2.75, 3.05) is 25.6 Å². The second-order valence-corrected chi connectivity index (χ2v) is 7.85. The molecule has 0 bridgehead atoms. The van der Waals surface area contributed by atoms with E-state index in [0.29, 0.717) is 29.1 Å². The van der Waals surface area contributed by atoms with Gasteiger partial charge in [0, 0.05) is 29.6 Å². The number of hydrogen-bond donors (Lipinski definition) is 1. The van der Waals surface area contributed by atoms with Crippen molar-refractivity contribution in [3.8, 4) is 0 Å². The Morgan fingerprint density at radius 2 is 2.00 bits per heavy atom. The molecule has 2 aromatic rings. The Hall–Kier alpha value is -3.73. The van der Waals surface area contributed by atoms with E-state index in [0.717, 1.165) is 10.4 Å². The molecule has 3 rings (SSSR count). The number of rotatable bonds is 6. The van der Waals surface area contributed by atoms with E-state index >= 15 is 0 Å². The number of fused-ring (bicyclic) bond motifs is 1. The Labute approximate surface area is 187 Å². The molecule has 0 fully saturated rings. The number of nitrogens with zero attached hydrogens (tertiary/aromatic N) is 2. The van der Waals surface area contributed by atoms with E-state index in [9.17, 15) is 24.5 Å². The quantitative estimate of drug-likeness (QED) is 0.302. The lowest BCUT2D eigenvalue weighted by Crippen LogP contribution is -2.35. The van der Waals surface area contributed by atoms with Crippen molar-refractivity contribution in [3.05, 3.63) is 62.0 Å². The number of benzene rings is 1. The van der Waals surface area contributed by atoms with Crippen LogP contribution in [0.4, 0.5) is 15.5 Å². The number of nitro benzene ring substituents is 1. The van der Waals surface area contributed by atoms with Gasteiger partial charge in [0.05, 0.1) is 30.7 Å². The molecule has 168 valence electrons. The van der Waals surface area contributed by atoms with E-state index in [2.05, 4.69) is 5.32 Å². The summed E-state index contributed by atoms with van der Waals surface area (Å²) in [5.74, 6) is -1.01. The maximum atomic E-state index is 12.6. The van der Waals surface area contributed by atoms with E-state index < -0.39 is 22.9 Å². The van der Waals surface area contributed by atoms with Gasteiger partial charge < -0.3 is 19.7 Å². The van der Waals surface area contributed by atoms with Gasteiger partial charge in [-0.15, -0.1) is 11.3 Å². The number of anilines is 1.